The average molecular weight is 404 g/mol. The van der Waals surface area contributed by atoms with Gasteiger partial charge in [-0.25, -0.2) is 8.42 Å². The monoisotopic (exact) mass is 404 g/mol. The van der Waals surface area contributed by atoms with E-state index >= 15 is 0 Å². The fraction of sp³-hybridized carbons (Fsp3) is 0.368. The molecule has 1 saturated carbocycles. The molecule has 2 aromatic carbocycles. The first-order valence-corrected chi connectivity index (χ1v) is 10.4. The molecule has 2 aliphatic rings. The molecule has 8 nitrogen and oxygen atoms in total. The Labute approximate surface area is 162 Å². The topological polar surface area (TPSA) is 102 Å². The van der Waals surface area contributed by atoms with Crippen LogP contribution in [0.4, 0.5) is 5.69 Å². The van der Waals surface area contributed by atoms with Crippen LogP contribution in [0.15, 0.2) is 53.4 Å². The number of nitrogens with zero attached hydrogens (tertiary/aromatic N) is 2. The predicted molar refractivity (Wildman–Crippen MR) is 101 cm³/mol. The Hall–Kier alpha value is -2.49. The zero-order valence-corrected chi connectivity index (χ0v) is 16.0. The Balaban J connectivity index is 1.71. The van der Waals surface area contributed by atoms with Gasteiger partial charge in [-0.3, -0.25) is 10.1 Å². The Morgan fingerprint density at radius 1 is 1.14 bits per heavy atom. The smallest absolute Gasteiger partial charge is 0.289 e. The van der Waals surface area contributed by atoms with E-state index in [2.05, 4.69) is 0 Å². The highest BCUT2D eigenvalue weighted by molar-refractivity contribution is 7.89. The highest BCUT2D eigenvalue weighted by atomic mass is 32.2. The molecule has 0 bridgehead atoms. The summed E-state index contributed by atoms with van der Waals surface area (Å²) in [6.45, 7) is 0.127. The number of benzene rings is 2. The second kappa shape index (κ2) is 7.16. The number of hydrogen-bond acceptors (Lipinski definition) is 6. The highest BCUT2D eigenvalue weighted by Gasteiger charge is 2.52. The summed E-state index contributed by atoms with van der Waals surface area (Å²) in [5.74, 6) is 0.673. The number of para-hydroxylation sites is 1. The Morgan fingerprint density at radius 2 is 1.79 bits per heavy atom. The molecular formula is C19H20N2O6S. The number of rotatable bonds is 7. The molecule has 1 unspecified atom stereocenters. The summed E-state index contributed by atoms with van der Waals surface area (Å²) in [6, 6.07) is 12.3. The maximum atomic E-state index is 13.4. The van der Waals surface area contributed by atoms with Crippen LogP contribution >= 0.6 is 0 Å². The number of nitro groups is 1. The lowest BCUT2D eigenvalue weighted by Crippen LogP contribution is -2.39. The minimum Gasteiger partial charge on any atom is -0.497 e. The molecule has 4 rings (SSSR count). The summed E-state index contributed by atoms with van der Waals surface area (Å²) < 4.78 is 38.9. The van der Waals surface area contributed by atoms with Gasteiger partial charge in [0.2, 0.25) is 10.0 Å². The third-order valence-electron chi connectivity index (χ3n) is 5.25. The van der Waals surface area contributed by atoms with Gasteiger partial charge in [0.1, 0.15) is 5.75 Å². The van der Waals surface area contributed by atoms with Crippen LogP contribution in [-0.4, -0.2) is 43.0 Å². The van der Waals surface area contributed by atoms with E-state index in [0.717, 1.165) is 5.56 Å². The van der Waals surface area contributed by atoms with Crippen LogP contribution < -0.4 is 4.74 Å². The number of methoxy groups -OCH3 is 1. The van der Waals surface area contributed by atoms with E-state index in [1.165, 1.54) is 28.6 Å². The molecule has 1 saturated heterocycles. The van der Waals surface area contributed by atoms with Gasteiger partial charge in [-0.2, -0.15) is 4.31 Å². The zero-order valence-electron chi connectivity index (χ0n) is 15.2. The van der Waals surface area contributed by atoms with Gasteiger partial charge < -0.3 is 9.47 Å². The quantitative estimate of drug-likeness (QED) is 0.399. The second-order valence-electron chi connectivity index (χ2n) is 6.96. The summed E-state index contributed by atoms with van der Waals surface area (Å²) in [6.07, 6.45) is 1.37. The summed E-state index contributed by atoms with van der Waals surface area (Å²) in [4.78, 5) is 10.4. The van der Waals surface area contributed by atoms with Gasteiger partial charge >= 0.3 is 0 Å². The summed E-state index contributed by atoms with van der Waals surface area (Å²) in [7, 11) is -2.51. The molecule has 0 N–H and O–H groups in total. The lowest BCUT2D eigenvalue weighted by atomic mass is 10.2. The molecule has 0 aromatic heterocycles. The van der Waals surface area contributed by atoms with Crippen LogP contribution in [-0.2, 0) is 21.3 Å². The van der Waals surface area contributed by atoms with E-state index in [-0.39, 0.29) is 29.7 Å². The molecule has 0 spiro atoms. The molecule has 1 aliphatic carbocycles. The van der Waals surface area contributed by atoms with E-state index < -0.39 is 20.6 Å². The molecule has 1 aliphatic heterocycles. The molecule has 148 valence electrons. The Kier molecular flexibility index (Phi) is 4.82. The molecular weight excluding hydrogens is 384 g/mol. The van der Waals surface area contributed by atoms with Crippen molar-refractivity contribution in [1.82, 2.24) is 4.31 Å². The first kappa shape index (κ1) is 18.9. The van der Waals surface area contributed by atoms with Gasteiger partial charge in [-0.15, -0.1) is 0 Å². The van der Waals surface area contributed by atoms with Crippen LogP contribution in [0.25, 0.3) is 0 Å². The van der Waals surface area contributed by atoms with E-state index in [0.29, 0.717) is 18.6 Å². The van der Waals surface area contributed by atoms with Gasteiger partial charge in [-0.05, 0) is 36.6 Å². The first-order chi connectivity index (χ1) is 13.4. The van der Waals surface area contributed by atoms with E-state index in [4.69, 9.17) is 9.47 Å². The van der Waals surface area contributed by atoms with Gasteiger partial charge in [0, 0.05) is 18.7 Å². The van der Waals surface area contributed by atoms with Crippen molar-refractivity contribution in [3.8, 4) is 5.75 Å². The van der Waals surface area contributed by atoms with Gasteiger partial charge in [0.25, 0.3) is 5.69 Å². The Bertz CT molecular complexity index is 982. The van der Waals surface area contributed by atoms with Gasteiger partial charge in [0.05, 0.1) is 24.2 Å². The maximum absolute atomic E-state index is 13.4. The van der Waals surface area contributed by atoms with Crippen molar-refractivity contribution in [2.24, 2.45) is 0 Å². The summed E-state index contributed by atoms with van der Waals surface area (Å²) >= 11 is 0. The van der Waals surface area contributed by atoms with Gasteiger partial charge in [-0.1, -0.05) is 24.3 Å². The standard InChI is InChI=1S/C19H20N2O6S/c1-26-15-8-6-13(7-9-15)12-20(14-10-17-18(11-14)27-17)28(24,25)19-5-3-2-4-16(19)21(22)23/h2-9,14,17-18H,10-12H2,1H3/t14?,17-,18+. The van der Waals surface area contributed by atoms with Gasteiger partial charge in [0.15, 0.2) is 4.90 Å². The molecule has 0 radical (unpaired) electrons. The van der Waals surface area contributed by atoms with Crippen LogP contribution in [0.3, 0.4) is 0 Å². The normalized spacial score (nSPS) is 23.4. The molecule has 9 heteroatoms. The number of nitro benzene ring substituents is 1. The molecule has 2 aromatic rings. The zero-order chi connectivity index (χ0) is 19.9. The van der Waals surface area contributed by atoms with Crippen LogP contribution in [0.1, 0.15) is 18.4 Å². The predicted octanol–water partition coefficient (Wildman–Crippen LogP) is 2.72. The molecule has 0 amide bonds. The summed E-state index contributed by atoms with van der Waals surface area (Å²) in [5, 5.41) is 11.4. The fourth-order valence-electron chi connectivity index (χ4n) is 3.74. The minimum atomic E-state index is -4.07. The average Bonchev–Trinajstić information content (AvgIpc) is 3.31. The van der Waals surface area contributed by atoms with Crippen molar-refractivity contribution in [1.29, 1.82) is 0 Å². The number of epoxide rings is 1. The molecule has 28 heavy (non-hydrogen) atoms. The van der Waals surface area contributed by atoms with Crippen molar-refractivity contribution < 1.29 is 22.8 Å². The molecule has 3 atom stereocenters. The van der Waals surface area contributed by atoms with Crippen molar-refractivity contribution in [2.75, 3.05) is 7.11 Å². The van der Waals surface area contributed by atoms with Crippen molar-refractivity contribution >= 4 is 15.7 Å². The minimum absolute atomic E-state index is 0.0873. The lowest BCUT2D eigenvalue weighted by molar-refractivity contribution is -0.387. The maximum Gasteiger partial charge on any atom is 0.289 e. The van der Waals surface area contributed by atoms with E-state index in [1.807, 2.05) is 0 Å². The van der Waals surface area contributed by atoms with Crippen molar-refractivity contribution in [3.05, 3.63) is 64.2 Å². The SMILES string of the molecule is COc1ccc(CN(C2C[C@@H]3O[C@@H]3C2)S(=O)(=O)c2ccccc2[N+](=O)[O-])cc1. The summed E-state index contributed by atoms with van der Waals surface area (Å²) in [5.41, 5.74) is 0.367. The van der Waals surface area contributed by atoms with Crippen molar-refractivity contribution in [3.63, 3.8) is 0 Å². The number of fused-ring (bicyclic) bond motifs is 1. The molecule has 1 heterocycles. The van der Waals surface area contributed by atoms with Crippen LogP contribution in [0.2, 0.25) is 0 Å². The Morgan fingerprint density at radius 3 is 2.39 bits per heavy atom. The lowest BCUT2D eigenvalue weighted by Gasteiger charge is -2.29. The largest absolute Gasteiger partial charge is 0.497 e. The number of sulfonamides is 1. The first-order valence-electron chi connectivity index (χ1n) is 8.94. The van der Waals surface area contributed by atoms with Crippen LogP contribution in [0, 0.1) is 10.1 Å². The van der Waals surface area contributed by atoms with E-state index in [1.54, 1.807) is 31.4 Å². The molecule has 2 fully saturated rings. The highest BCUT2D eigenvalue weighted by Crippen LogP contribution is 2.43. The third-order valence-corrected chi connectivity index (χ3v) is 7.20. The van der Waals surface area contributed by atoms with E-state index in [9.17, 15) is 18.5 Å². The third kappa shape index (κ3) is 3.48. The fourth-order valence-corrected chi connectivity index (χ4v) is 5.53. The van der Waals surface area contributed by atoms with Crippen molar-refractivity contribution in [2.45, 2.75) is 42.5 Å². The number of hydrogen-bond donors (Lipinski definition) is 0. The van der Waals surface area contributed by atoms with Crippen LogP contribution in [0.5, 0.6) is 5.75 Å². The number of ether oxygens (including phenoxy) is 2. The second-order valence-corrected chi connectivity index (χ2v) is 8.82.